The van der Waals surface area contributed by atoms with Gasteiger partial charge in [-0.05, 0) is 72.6 Å². The van der Waals surface area contributed by atoms with E-state index in [0.29, 0.717) is 6.04 Å². The Balaban J connectivity index is 2.62. The number of rotatable bonds is 10. The summed E-state index contributed by atoms with van der Waals surface area (Å²) in [7, 11) is 1.70. The number of methoxy groups -OCH3 is 1. The lowest BCUT2D eigenvalue weighted by atomic mass is 10.0. The van der Waals surface area contributed by atoms with Crippen LogP contribution in [0.1, 0.15) is 32.8 Å². The molecule has 0 radical (unpaired) electrons. The van der Waals surface area contributed by atoms with Crippen molar-refractivity contribution >= 4 is 15.9 Å². The lowest BCUT2D eigenvalue weighted by molar-refractivity contribution is 0.281. The standard InChI is InChI=1S/C17H29BrN2O/c1-5-19-15(10-11-20(6-2)7-3)12-14-8-9-17(21-4)16(18)13-14/h8-9,13,15,19H,5-7,10-12H2,1-4H3. The van der Waals surface area contributed by atoms with Crippen LogP contribution in [0, 0.1) is 0 Å². The van der Waals surface area contributed by atoms with Crippen LogP contribution in [-0.4, -0.2) is 44.2 Å². The van der Waals surface area contributed by atoms with Gasteiger partial charge in [0.1, 0.15) is 5.75 Å². The van der Waals surface area contributed by atoms with Crippen molar-refractivity contribution in [2.75, 3.05) is 33.3 Å². The van der Waals surface area contributed by atoms with Gasteiger partial charge in [0, 0.05) is 6.04 Å². The van der Waals surface area contributed by atoms with Gasteiger partial charge in [-0.15, -0.1) is 0 Å². The molecule has 0 spiro atoms. The molecule has 0 bridgehead atoms. The summed E-state index contributed by atoms with van der Waals surface area (Å²) in [5.74, 6) is 0.891. The fourth-order valence-corrected chi connectivity index (χ4v) is 3.15. The molecular weight excluding hydrogens is 328 g/mol. The zero-order valence-corrected chi connectivity index (χ0v) is 15.4. The molecule has 1 rings (SSSR count). The highest BCUT2D eigenvalue weighted by Gasteiger charge is 2.11. The highest BCUT2D eigenvalue weighted by molar-refractivity contribution is 9.10. The van der Waals surface area contributed by atoms with Gasteiger partial charge in [-0.3, -0.25) is 0 Å². The van der Waals surface area contributed by atoms with E-state index in [1.54, 1.807) is 7.11 Å². The van der Waals surface area contributed by atoms with E-state index in [1.807, 2.05) is 6.07 Å². The molecule has 0 fully saturated rings. The minimum absolute atomic E-state index is 0.524. The molecule has 21 heavy (non-hydrogen) atoms. The molecule has 1 aromatic rings. The highest BCUT2D eigenvalue weighted by Crippen LogP contribution is 2.26. The number of nitrogens with one attached hydrogen (secondary N) is 1. The minimum atomic E-state index is 0.524. The maximum Gasteiger partial charge on any atom is 0.133 e. The summed E-state index contributed by atoms with van der Waals surface area (Å²) in [4.78, 5) is 2.48. The van der Waals surface area contributed by atoms with E-state index in [4.69, 9.17) is 4.74 Å². The minimum Gasteiger partial charge on any atom is -0.496 e. The fourth-order valence-electron chi connectivity index (χ4n) is 2.56. The van der Waals surface area contributed by atoms with Crippen LogP contribution in [0.25, 0.3) is 0 Å². The van der Waals surface area contributed by atoms with E-state index < -0.39 is 0 Å². The Morgan fingerprint density at radius 3 is 2.48 bits per heavy atom. The Morgan fingerprint density at radius 2 is 1.95 bits per heavy atom. The summed E-state index contributed by atoms with van der Waals surface area (Å²) < 4.78 is 6.32. The molecule has 0 amide bonds. The van der Waals surface area contributed by atoms with Gasteiger partial charge in [0.15, 0.2) is 0 Å². The molecule has 1 unspecified atom stereocenters. The Bertz CT molecular complexity index is 408. The molecule has 1 atom stereocenters. The average molecular weight is 357 g/mol. The number of benzene rings is 1. The van der Waals surface area contributed by atoms with Crippen molar-refractivity contribution in [1.82, 2.24) is 10.2 Å². The van der Waals surface area contributed by atoms with Crippen molar-refractivity contribution in [2.45, 2.75) is 39.7 Å². The zero-order chi connectivity index (χ0) is 15.7. The number of halogens is 1. The van der Waals surface area contributed by atoms with Crippen LogP contribution in [0.4, 0.5) is 0 Å². The van der Waals surface area contributed by atoms with E-state index in [-0.39, 0.29) is 0 Å². The van der Waals surface area contributed by atoms with Crippen molar-refractivity contribution in [3.8, 4) is 5.75 Å². The monoisotopic (exact) mass is 356 g/mol. The van der Waals surface area contributed by atoms with Crippen LogP contribution in [0.5, 0.6) is 5.75 Å². The molecule has 0 aliphatic carbocycles. The average Bonchev–Trinajstić information content (AvgIpc) is 2.48. The first kappa shape index (κ1) is 18.5. The van der Waals surface area contributed by atoms with Crippen molar-refractivity contribution in [3.05, 3.63) is 28.2 Å². The smallest absolute Gasteiger partial charge is 0.133 e. The fraction of sp³-hybridized carbons (Fsp3) is 0.647. The second-order valence-electron chi connectivity index (χ2n) is 5.24. The molecule has 0 heterocycles. The maximum atomic E-state index is 5.29. The third-order valence-electron chi connectivity index (χ3n) is 3.88. The second kappa shape index (κ2) is 10.2. The van der Waals surface area contributed by atoms with Crippen molar-refractivity contribution in [3.63, 3.8) is 0 Å². The number of likely N-dealkylation sites (N-methyl/N-ethyl adjacent to an activating group) is 1. The third-order valence-corrected chi connectivity index (χ3v) is 4.50. The number of ether oxygens (including phenoxy) is 1. The topological polar surface area (TPSA) is 24.5 Å². The van der Waals surface area contributed by atoms with E-state index in [1.165, 1.54) is 12.0 Å². The Labute approximate surface area is 138 Å². The van der Waals surface area contributed by atoms with Crippen LogP contribution in [-0.2, 0) is 6.42 Å². The number of hydrogen-bond acceptors (Lipinski definition) is 3. The van der Waals surface area contributed by atoms with Gasteiger partial charge < -0.3 is 15.0 Å². The Kier molecular flexibility index (Phi) is 8.97. The van der Waals surface area contributed by atoms with Gasteiger partial charge in [-0.2, -0.15) is 0 Å². The Hall–Kier alpha value is -0.580. The Morgan fingerprint density at radius 1 is 1.24 bits per heavy atom. The van der Waals surface area contributed by atoms with Gasteiger partial charge in [-0.1, -0.05) is 26.8 Å². The molecule has 0 aliphatic rings. The van der Waals surface area contributed by atoms with Crippen LogP contribution < -0.4 is 10.1 Å². The number of nitrogens with zero attached hydrogens (tertiary/aromatic N) is 1. The first-order chi connectivity index (χ1) is 10.1. The summed E-state index contributed by atoms with van der Waals surface area (Å²) in [5.41, 5.74) is 1.34. The van der Waals surface area contributed by atoms with Crippen LogP contribution in [0.15, 0.2) is 22.7 Å². The molecular formula is C17H29BrN2O. The predicted molar refractivity (Wildman–Crippen MR) is 94.3 cm³/mol. The summed E-state index contributed by atoms with van der Waals surface area (Å²) in [6.07, 6.45) is 2.23. The zero-order valence-electron chi connectivity index (χ0n) is 13.8. The molecule has 4 heteroatoms. The van der Waals surface area contributed by atoms with E-state index in [2.05, 4.69) is 59.1 Å². The van der Waals surface area contributed by atoms with Gasteiger partial charge >= 0.3 is 0 Å². The van der Waals surface area contributed by atoms with Gasteiger partial charge in [0.05, 0.1) is 11.6 Å². The third kappa shape index (κ3) is 6.37. The molecule has 0 aromatic heterocycles. The van der Waals surface area contributed by atoms with Crippen molar-refractivity contribution in [2.24, 2.45) is 0 Å². The summed E-state index contributed by atoms with van der Waals surface area (Å²) in [6.45, 7) is 11.1. The molecule has 120 valence electrons. The van der Waals surface area contributed by atoms with E-state index >= 15 is 0 Å². The lowest BCUT2D eigenvalue weighted by Crippen LogP contribution is -2.35. The SMILES string of the molecule is CCNC(CCN(CC)CC)Cc1ccc(OC)c(Br)c1. The normalized spacial score (nSPS) is 12.7. The second-order valence-corrected chi connectivity index (χ2v) is 6.10. The molecule has 0 saturated carbocycles. The molecule has 1 N–H and O–H groups in total. The largest absolute Gasteiger partial charge is 0.496 e. The molecule has 0 aliphatic heterocycles. The molecule has 1 aromatic carbocycles. The van der Waals surface area contributed by atoms with Crippen molar-refractivity contribution < 1.29 is 4.74 Å². The predicted octanol–water partition coefficient (Wildman–Crippen LogP) is 3.71. The van der Waals surface area contributed by atoms with Crippen LogP contribution in [0.2, 0.25) is 0 Å². The highest BCUT2D eigenvalue weighted by atomic mass is 79.9. The summed E-state index contributed by atoms with van der Waals surface area (Å²) in [5, 5.41) is 3.61. The van der Waals surface area contributed by atoms with E-state index in [9.17, 15) is 0 Å². The maximum absolute atomic E-state index is 5.29. The molecule has 0 saturated heterocycles. The quantitative estimate of drug-likeness (QED) is 0.691. The van der Waals surface area contributed by atoms with E-state index in [0.717, 1.165) is 42.8 Å². The summed E-state index contributed by atoms with van der Waals surface area (Å²) >= 11 is 3.57. The van der Waals surface area contributed by atoms with Crippen molar-refractivity contribution in [1.29, 1.82) is 0 Å². The first-order valence-electron chi connectivity index (χ1n) is 7.92. The lowest BCUT2D eigenvalue weighted by Gasteiger charge is -2.23. The number of hydrogen-bond donors (Lipinski definition) is 1. The summed E-state index contributed by atoms with van der Waals surface area (Å²) in [6, 6.07) is 6.88. The molecule has 3 nitrogen and oxygen atoms in total. The first-order valence-corrected chi connectivity index (χ1v) is 8.71. The van der Waals surface area contributed by atoms with Gasteiger partial charge in [0.2, 0.25) is 0 Å². The van der Waals surface area contributed by atoms with Gasteiger partial charge in [-0.25, -0.2) is 0 Å². The van der Waals surface area contributed by atoms with Crippen LogP contribution >= 0.6 is 15.9 Å². The van der Waals surface area contributed by atoms with Gasteiger partial charge in [0.25, 0.3) is 0 Å². The van der Waals surface area contributed by atoms with Crippen LogP contribution in [0.3, 0.4) is 0 Å².